The second-order valence-electron chi connectivity index (χ2n) is 3.83. The largest absolute Gasteiger partial charge is 0.314 e. The fourth-order valence-electron chi connectivity index (χ4n) is 1.26. The molecule has 0 aromatic rings. The van der Waals surface area contributed by atoms with Gasteiger partial charge < -0.3 is 5.32 Å². The molecule has 1 N–H and O–H groups in total. The van der Waals surface area contributed by atoms with Gasteiger partial charge in [0.25, 0.3) is 0 Å². The van der Waals surface area contributed by atoms with Gasteiger partial charge in [-0.15, -0.1) is 0 Å². The van der Waals surface area contributed by atoms with E-state index >= 15 is 0 Å². The molecular weight excluding hydrogens is 178 g/mol. The molecule has 2 heteroatoms. The average Bonchev–Trinajstić information content (AvgIpc) is 2.14. The molecule has 0 heterocycles. The number of rotatable bonds is 8. The van der Waals surface area contributed by atoms with Gasteiger partial charge in [-0.3, -0.25) is 0 Å². The van der Waals surface area contributed by atoms with E-state index in [-0.39, 0.29) is 0 Å². The number of unbranched alkanes of at least 4 members (excludes halogenated alkanes) is 1. The molecule has 0 amide bonds. The van der Waals surface area contributed by atoms with E-state index in [0.717, 1.165) is 5.25 Å². The van der Waals surface area contributed by atoms with Crippen molar-refractivity contribution >= 4 is 11.8 Å². The van der Waals surface area contributed by atoms with Crippen molar-refractivity contribution in [2.45, 2.75) is 57.7 Å². The Labute approximate surface area is 88.1 Å². The lowest BCUT2D eigenvalue weighted by molar-refractivity contribution is 0.489. The maximum atomic E-state index is 3.57. The van der Waals surface area contributed by atoms with E-state index in [1.807, 2.05) is 11.8 Å². The highest BCUT2D eigenvalue weighted by molar-refractivity contribution is 7.99. The minimum absolute atomic E-state index is 0.703. The van der Waals surface area contributed by atoms with E-state index in [4.69, 9.17) is 0 Å². The molecule has 2 unspecified atom stereocenters. The molecule has 0 saturated heterocycles. The first-order chi connectivity index (χ1) is 6.20. The molecule has 80 valence electrons. The Morgan fingerprint density at radius 3 is 2.46 bits per heavy atom. The Bertz CT molecular complexity index is 106. The summed E-state index contributed by atoms with van der Waals surface area (Å²) in [6.07, 6.45) is 7.46. The van der Waals surface area contributed by atoms with Gasteiger partial charge in [-0.25, -0.2) is 0 Å². The number of hydrogen-bond donors (Lipinski definition) is 1. The highest BCUT2D eigenvalue weighted by atomic mass is 32.2. The van der Waals surface area contributed by atoms with Crippen LogP contribution in [0, 0.1) is 0 Å². The zero-order valence-electron chi connectivity index (χ0n) is 9.60. The van der Waals surface area contributed by atoms with Gasteiger partial charge in [-0.05, 0) is 32.6 Å². The van der Waals surface area contributed by atoms with Crippen LogP contribution in [-0.2, 0) is 0 Å². The van der Waals surface area contributed by atoms with Gasteiger partial charge in [0.2, 0.25) is 0 Å². The Morgan fingerprint density at radius 1 is 1.23 bits per heavy atom. The maximum Gasteiger partial charge on any atom is 0.00387 e. The predicted octanol–water partition coefficient (Wildman–Crippen LogP) is 3.30. The van der Waals surface area contributed by atoms with E-state index in [2.05, 4.69) is 32.3 Å². The summed E-state index contributed by atoms with van der Waals surface area (Å²) in [5.74, 6) is 0. The monoisotopic (exact) mass is 203 g/mol. The first-order valence-electron chi connectivity index (χ1n) is 5.46. The summed E-state index contributed by atoms with van der Waals surface area (Å²) in [7, 11) is 0. The molecule has 13 heavy (non-hydrogen) atoms. The molecule has 2 atom stereocenters. The van der Waals surface area contributed by atoms with Crippen LogP contribution in [0.15, 0.2) is 0 Å². The van der Waals surface area contributed by atoms with Gasteiger partial charge in [0.05, 0.1) is 0 Å². The van der Waals surface area contributed by atoms with E-state index in [1.165, 1.54) is 32.2 Å². The molecule has 0 aliphatic heterocycles. The molecule has 0 aromatic heterocycles. The van der Waals surface area contributed by atoms with Crippen LogP contribution in [0.3, 0.4) is 0 Å². The molecule has 0 saturated carbocycles. The zero-order chi connectivity index (χ0) is 10.1. The van der Waals surface area contributed by atoms with Crippen LogP contribution in [0.25, 0.3) is 0 Å². The van der Waals surface area contributed by atoms with Crippen molar-refractivity contribution in [2.24, 2.45) is 0 Å². The van der Waals surface area contributed by atoms with Crippen LogP contribution in [-0.4, -0.2) is 24.1 Å². The third-order valence-corrected chi connectivity index (χ3v) is 3.48. The van der Waals surface area contributed by atoms with Crippen LogP contribution in [0.4, 0.5) is 0 Å². The molecule has 0 bridgehead atoms. The van der Waals surface area contributed by atoms with E-state index in [0.29, 0.717) is 6.04 Å². The van der Waals surface area contributed by atoms with E-state index in [1.54, 1.807) is 0 Å². The fraction of sp³-hybridized carbons (Fsp3) is 1.00. The van der Waals surface area contributed by atoms with Gasteiger partial charge in [-0.2, -0.15) is 11.8 Å². The molecule has 1 nitrogen and oxygen atoms in total. The smallest absolute Gasteiger partial charge is 0.00387 e. The first-order valence-corrected chi connectivity index (χ1v) is 6.75. The Kier molecular flexibility index (Phi) is 9.10. The molecule has 0 rings (SSSR count). The summed E-state index contributed by atoms with van der Waals surface area (Å²) < 4.78 is 0. The van der Waals surface area contributed by atoms with Crippen molar-refractivity contribution < 1.29 is 0 Å². The minimum atomic E-state index is 0.703. The molecule has 0 fully saturated rings. The lowest BCUT2D eigenvalue weighted by Crippen LogP contribution is -2.28. The van der Waals surface area contributed by atoms with Crippen molar-refractivity contribution in [3.05, 3.63) is 0 Å². The topological polar surface area (TPSA) is 12.0 Å². The molecular formula is C11H25NS. The molecule has 0 spiro atoms. The zero-order valence-corrected chi connectivity index (χ0v) is 10.4. The maximum absolute atomic E-state index is 3.57. The fourth-order valence-corrected chi connectivity index (χ4v) is 1.62. The van der Waals surface area contributed by atoms with Gasteiger partial charge in [0, 0.05) is 11.3 Å². The molecule has 0 aliphatic carbocycles. The Morgan fingerprint density at radius 2 is 1.92 bits per heavy atom. The lowest BCUT2D eigenvalue weighted by atomic mass is 10.1. The Balaban J connectivity index is 3.21. The summed E-state index contributed by atoms with van der Waals surface area (Å²) in [6.45, 7) is 8.01. The quantitative estimate of drug-likeness (QED) is 0.649. The van der Waals surface area contributed by atoms with Gasteiger partial charge in [0.1, 0.15) is 0 Å². The van der Waals surface area contributed by atoms with Crippen LogP contribution in [0.1, 0.15) is 46.5 Å². The summed E-state index contributed by atoms with van der Waals surface area (Å²) in [6, 6.07) is 0.703. The van der Waals surface area contributed by atoms with E-state index in [9.17, 15) is 0 Å². The third kappa shape index (κ3) is 8.63. The number of thioether (sulfide) groups is 1. The SMILES string of the molecule is CCCCC(C)NCCC(C)SC. The Hall–Kier alpha value is 0.310. The van der Waals surface area contributed by atoms with E-state index < -0.39 is 0 Å². The molecule has 0 aliphatic rings. The standard InChI is InChI=1S/C11H25NS/c1-5-6-7-10(2)12-9-8-11(3)13-4/h10-12H,5-9H2,1-4H3. The summed E-state index contributed by atoms with van der Waals surface area (Å²) >= 11 is 1.95. The number of nitrogens with one attached hydrogen (secondary N) is 1. The van der Waals surface area contributed by atoms with Crippen molar-refractivity contribution in [1.82, 2.24) is 5.32 Å². The highest BCUT2D eigenvalue weighted by Gasteiger charge is 2.02. The summed E-state index contributed by atoms with van der Waals surface area (Å²) in [5.41, 5.74) is 0. The third-order valence-electron chi connectivity index (χ3n) is 2.44. The second kappa shape index (κ2) is 8.89. The lowest BCUT2D eigenvalue weighted by Gasteiger charge is -2.14. The van der Waals surface area contributed by atoms with Gasteiger partial charge in [-0.1, -0.05) is 26.7 Å². The highest BCUT2D eigenvalue weighted by Crippen LogP contribution is 2.08. The van der Waals surface area contributed by atoms with Crippen LogP contribution >= 0.6 is 11.8 Å². The number of hydrogen-bond acceptors (Lipinski definition) is 2. The van der Waals surface area contributed by atoms with Crippen LogP contribution in [0.5, 0.6) is 0 Å². The minimum Gasteiger partial charge on any atom is -0.314 e. The van der Waals surface area contributed by atoms with Crippen LogP contribution < -0.4 is 5.32 Å². The van der Waals surface area contributed by atoms with Crippen molar-refractivity contribution in [1.29, 1.82) is 0 Å². The summed E-state index contributed by atoms with van der Waals surface area (Å²) in [4.78, 5) is 0. The van der Waals surface area contributed by atoms with Crippen molar-refractivity contribution in [2.75, 3.05) is 12.8 Å². The van der Waals surface area contributed by atoms with Crippen molar-refractivity contribution in [3.63, 3.8) is 0 Å². The average molecular weight is 203 g/mol. The first kappa shape index (κ1) is 13.3. The van der Waals surface area contributed by atoms with Gasteiger partial charge >= 0.3 is 0 Å². The normalized spacial score (nSPS) is 15.7. The van der Waals surface area contributed by atoms with Crippen LogP contribution in [0.2, 0.25) is 0 Å². The molecule has 0 aromatic carbocycles. The summed E-state index contributed by atoms with van der Waals surface area (Å²) in [5, 5.41) is 4.37. The predicted molar refractivity (Wildman–Crippen MR) is 64.6 cm³/mol. The second-order valence-corrected chi connectivity index (χ2v) is 5.11. The van der Waals surface area contributed by atoms with Crippen molar-refractivity contribution in [3.8, 4) is 0 Å². The van der Waals surface area contributed by atoms with Gasteiger partial charge in [0.15, 0.2) is 0 Å². The molecule has 0 radical (unpaired) electrons.